The first kappa shape index (κ1) is 10.9. The number of nitrogens with one attached hydrogen (secondary N) is 1. The average Bonchev–Trinajstić information content (AvgIpc) is 2.61. The van der Waals surface area contributed by atoms with Crippen molar-refractivity contribution in [1.29, 1.82) is 0 Å². The highest BCUT2D eigenvalue weighted by molar-refractivity contribution is 8.18. The van der Waals surface area contributed by atoms with Gasteiger partial charge in [-0.15, -0.1) is 0 Å². The molecular formula is C11H9NO3S. The Kier molecular flexibility index (Phi) is 3.07. The number of aliphatic hydroxyl groups is 1. The molecule has 1 saturated heterocycles. The topological polar surface area (TPSA) is 66.4 Å². The summed E-state index contributed by atoms with van der Waals surface area (Å²) in [6, 6.07) is 9.04. The fraction of sp³-hybridized carbons (Fsp3) is 0.0909. The number of carbonyl (C=O) groups is 2. The minimum Gasteiger partial charge on any atom is -0.392 e. The number of imide groups is 1. The molecule has 2 rings (SSSR count). The van der Waals surface area contributed by atoms with Gasteiger partial charge in [-0.1, -0.05) is 30.3 Å². The highest BCUT2D eigenvalue weighted by Crippen LogP contribution is 2.31. The lowest BCUT2D eigenvalue weighted by Gasteiger charge is -2.05. The zero-order chi connectivity index (χ0) is 11.5. The predicted molar refractivity (Wildman–Crippen MR) is 61.6 cm³/mol. The number of carbonyl (C=O) groups excluding carboxylic acids is 2. The predicted octanol–water partition coefficient (Wildman–Crippen LogP) is 1.37. The molecule has 16 heavy (non-hydrogen) atoms. The van der Waals surface area contributed by atoms with Crippen molar-refractivity contribution in [3.63, 3.8) is 0 Å². The van der Waals surface area contributed by atoms with Crippen molar-refractivity contribution in [2.45, 2.75) is 0 Å². The SMILES string of the molecule is O=C1NC(=O)/C(=C(/CO)c2ccccc2)S1. The van der Waals surface area contributed by atoms with Gasteiger partial charge in [0.1, 0.15) is 0 Å². The number of benzene rings is 1. The van der Waals surface area contributed by atoms with Crippen LogP contribution in [0.5, 0.6) is 0 Å². The molecule has 2 N–H and O–H groups in total. The maximum atomic E-state index is 11.4. The van der Waals surface area contributed by atoms with Crippen molar-refractivity contribution < 1.29 is 14.7 Å². The van der Waals surface area contributed by atoms with Crippen LogP contribution in [0.3, 0.4) is 0 Å². The van der Waals surface area contributed by atoms with Crippen molar-refractivity contribution in [3.8, 4) is 0 Å². The third-order valence-electron chi connectivity index (χ3n) is 2.17. The van der Waals surface area contributed by atoms with Crippen LogP contribution in [0.25, 0.3) is 5.57 Å². The fourth-order valence-electron chi connectivity index (χ4n) is 1.45. The van der Waals surface area contributed by atoms with Gasteiger partial charge < -0.3 is 5.11 Å². The van der Waals surface area contributed by atoms with Gasteiger partial charge in [-0.2, -0.15) is 0 Å². The molecule has 82 valence electrons. The maximum Gasteiger partial charge on any atom is 0.290 e. The molecule has 1 aromatic carbocycles. The van der Waals surface area contributed by atoms with Crippen molar-refractivity contribution in [1.82, 2.24) is 5.32 Å². The number of rotatable bonds is 2. The molecule has 1 aliphatic heterocycles. The van der Waals surface area contributed by atoms with Gasteiger partial charge in [0.25, 0.3) is 11.1 Å². The van der Waals surface area contributed by atoms with E-state index >= 15 is 0 Å². The van der Waals surface area contributed by atoms with E-state index in [9.17, 15) is 14.7 Å². The second kappa shape index (κ2) is 4.51. The Labute approximate surface area is 96.4 Å². The second-order valence-electron chi connectivity index (χ2n) is 3.18. The smallest absolute Gasteiger partial charge is 0.290 e. The van der Waals surface area contributed by atoms with Crippen LogP contribution in [0.4, 0.5) is 4.79 Å². The summed E-state index contributed by atoms with van der Waals surface area (Å²) in [4.78, 5) is 22.7. The van der Waals surface area contributed by atoms with Crippen molar-refractivity contribution in [2.24, 2.45) is 0 Å². The molecule has 0 bridgehead atoms. The lowest BCUT2D eigenvalue weighted by atomic mass is 10.1. The lowest BCUT2D eigenvalue weighted by Crippen LogP contribution is -2.18. The fourth-order valence-corrected chi connectivity index (χ4v) is 2.22. The van der Waals surface area contributed by atoms with Crippen LogP contribution < -0.4 is 5.32 Å². The van der Waals surface area contributed by atoms with Crippen LogP contribution in [0.1, 0.15) is 5.56 Å². The third kappa shape index (κ3) is 2.00. The minimum atomic E-state index is -0.442. The number of hydrogen-bond acceptors (Lipinski definition) is 4. The van der Waals surface area contributed by atoms with E-state index in [4.69, 9.17) is 0 Å². The second-order valence-corrected chi connectivity index (χ2v) is 4.16. The van der Waals surface area contributed by atoms with Gasteiger partial charge in [-0.3, -0.25) is 14.9 Å². The first-order chi connectivity index (χ1) is 7.72. The molecule has 1 aromatic rings. The Hall–Kier alpha value is -1.59. The monoisotopic (exact) mass is 235 g/mol. The van der Waals surface area contributed by atoms with Gasteiger partial charge in [-0.05, 0) is 17.3 Å². The Balaban J connectivity index is 2.47. The Morgan fingerprint density at radius 2 is 1.94 bits per heavy atom. The van der Waals surface area contributed by atoms with Crippen LogP contribution in [-0.2, 0) is 4.79 Å². The molecule has 2 amide bonds. The van der Waals surface area contributed by atoms with Gasteiger partial charge in [0.05, 0.1) is 11.5 Å². The van der Waals surface area contributed by atoms with Gasteiger partial charge in [0.2, 0.25) is 0 Å². The van der Waals surface area contributed by atoms with Crippen LogP contribution in [-0.4, -0.2) is 22.9 Å². The molecule has 0 aromatic heterocycles. The van der Waals surface area contributed by atoms with Gasteiger partial charge in [-0.25, -0.2) is 0 Å². The van der Waals surface area contributed by atoms with E-state index in [1.807, 2.05) is 18.2 Å². The molecule has 4 nitrogen and oxygen atoms in total. The van der Waals surface area contributed by atoms with E-state index in [-0.39, 0.29) is 11.5 Å². The van der Waals surface area contributed by atoms with E-state index in [2.05, 4.69) is 5.32 Å². The quantitative estimate of drug-likeness (QED) is 0.760. The molecule has 0 saturated carbocycles. The van der Waals surface area contributed by atoms with E-state index in [1.54, 1.807) is 12.1 Å². The Morgan fingerprint density at radius 3 is 2.44 bits per heavy atom. The summed E-state index contributed by atoms with van der Waals surface area (Å²) in [5.74, 6) is -0.442. The van der Waals surface area contributed by atoms with Crippen molar-refractivity contribution >= 4 is 28.5 Å². The number of aliphatic hydroxyl groups excluding tert-OH is 1. The van der Waals surface area contributed by atoms with E-state index in [0.29, 0.717) is 5.57 Å². The van der Waals surface area contributed by atoms with E-state index in [1.165, 1.54) is 0 Å². The number of thioether (sulfide) groups is 1. The van der Waals surface area contributed by atoms with Crippen molar-refractivity contribution in [2.75, 3.05) is 6.61 Å². The number of hydrogen-bond donors (Lipinski definition) is 2. The maximum absolute atomic E-state index is 11.4. The average molecular weight is 235 g/mol. The Morgan fingerprint density at radius 1 is 1.25 bits per heavy atom. The summed E-state index contributed by atoms with van der Waals surface area (Å²) in [6.07, 6.45) is 0. The van der Waals surface area contributed by atoms with Crippen LogP contribution in [0.15, 0.2) is 35.2 Å². The van der Waals surface area contributed by atoms with Gasteiger partial charge in [0.15, 0.2) is 0 Å². The molecule has 0 aliphatic carbocycles. The molecule has 0 radical (unpaired) electrons. The molecule has 0 unspecified atom stereocenters. The lowest BCUT2D eigenvalue weighted by molar-refractivity contribution is -0.115. The van der Waals surface area contributed by atoms with Crippen molar-refractivity contribution in [3.05, 3.63) is 40.8 Å². The largest absolute Gasteiger partial charge is 0.392 e. The highest BCUT2D eigenvalue weighted by atomic mass is 32.2. The molecule has 0 spiro atoms. The van der Waals surface area contributed by atoms with E-state index < -0.39 is 11.1 Å². The molecular weight excluding hydrogens is 226 g/mol. The molecule has 5 heteroatoms. The molecule has 0 atom stereocenters. The first-order valence-electron chi connectivity index (χ1n) is 4.65. The van der Waals surface area contributed by atoms with E-state index in [0.717, 1.165) is 17.3 Å². The van der Waals surface area contributed by atoms with Crippen LogP contribution >= 0.6 is 11.8 Å². The summed E-state index contributed by atoms with van der Waals surface area (Å²) in [5, 5.41) is 11.0. The Bertz CT molecular complexity index is 467. The highest BCUT2D eigenvalue weighted by Gasteiger charge is 2.28. The molecule has 1 fully saturated rings. The van der Waals surface area contributed by atoms with Gasteiger partial charge >= 0.3 is 0 Å². The summed E-state index contributed by atoms with van der Waals surface area (Å²) >= 11 is 0.821. The zero-order valence-corrected chi connectivity index (χ0v) is 9.08. The first-order valence-corrected chi connectivity index (χ1v) is 5.46. The summed E-state index contributed by atoms with van der Waals surface area (Å²) in [7, 11) is 0. The zero-order valence-electron chi connectivity index (χ0n) is 8.27. The minimum absolute atomic E-state index is 0.271. The summed E-state index contributed by atoms with van der Waals surface area (Å²) < 4.78 is 0. The normalized spacial score (nSPS) is 18.6. The number of amides is 2. The third-order valence-corrected chi connectivity index (χ3v) is 3.09. The molecule has 1 aliphatic rings. The van der Waals surface area contributed by atoms with Crippen LogP contribution in [0, 0.1) is 0 Å². The van der Waals surface area contributed by atoms with Gasteiger partial charge in [0, 0.05) is 5.57 Å². The molecule has 1 heterocycles. The standard InChI is InChI=1S/C11H9NO3S/c13-6-8(7-4-2-1-3-5-7)9-10(14)12-11(15)16-9/h1-5,13H,6H2,(H,12,14,15)/b9-8+. The van der Waals surface area contributed by atoms with Crippen LogP contribution in [0.2, 0.25) is 0 Å². The summed E-state index contributed by atoms with van der Waals surface area (Å²) in [6.45, 7) is -0.271. The summed E-state index contributed by atoms with van der Waals surface area (Å²) in [5.41, 5.74) is 1.23.